The third-order valence-electron chi connectivity index (χ3n) is 4.68. The van der Waals surface area contributed by atoms with Crippen LogP contribution in [0.25, 0.3) is 0 Å². The quantitative estimate of drug-likeness (QED) is 0.606. The number of thioether (sulfide) groups is 1. The molecular weight excluding hydrogens is 262 g/mol. The lowest BCUT2D eigenvalue weighted by Gasteiger charge is -2.38. The molecule has 3 unspecified atom stereocenters. The zero-order chi connectivity index (χ0) is 15.0. The molecule has 0 saturated heterocycles. The summed E-state index contributed by atoms with van der Waals surface area (Å²) in [6, 6.07) is 0. The van der Waals surface area contributed by atoms with Crippen LogP contribution >= 0.6 is 11.8 Å². The van der Waals surface area contributed by atoms with Crippen molar-refractivity contribution in [2.45, 2.75) is 78.7 Å². The van der Waals surface area contributed by atoms with Crippen molar-refractivity contribution in [3.63, 3.8) is 0 Å². The van der Waals surface area contributed by atoms with Crippen LogP contribution in [0, 0.1) is 17.8 Å². The first kappa shape index (κ1) is 18.4. The molecule has 3 atom stereocenters. The molecule has 1 aliphatic carbocycles. The number of hydrogen-bond donors (Lipinski definition) is 1. The maximum absolute atomic E-state index is 3.75. The van der Waals surface area contributed by atoms with E-state index in [1.54, 1.807) is 0 Å². The Kier molecular flexibility index (Phi) is 8.59. The van der Waals surface area contributed by atoms with E-state index in [0.717, 1.165) is 17.8 Å². The highest BCUT2D eigenvalue weighted by Crippen LogP contribution is 2.38. The standard InChI is InChI=1S/C18H37NS/c1-6-8-15-9-10-17(14-19-18(3,4)5)16(13-15)11-12-20-7-2/h15-17,19H,6-14H2,1-5H3. The summed E-state index contributed by atoms with van der Waals surface area (Å²) < 4.78 is 0. The molecule has 1 rings (SSSR count). The van der Waals surface area contributed by atoms with Gasteiger partial charge < -0.3 is 5.32 Å². The van der Waals surface area contributed by atoms with Crippen LogP contribution in [0.5, 0.6) is 0 Å². The maximum Gasteiger partial charge on any atom is 0.00966 e. The fourth-order valence-electron chi connectivity index (χ4n) is 3.53. The molecule has 0 radical (unpaired) electrons. The van der Waals surface area contributed by atoms with Crippen molar-refractivity contribution in [1.29, 1.82) is 0 Å². The van der Waals surface area contributed by atoms with E-state index in [-0.39, 0.29) is 5.54 Å². The Labute approximate surface area is 132 Å². The van der Waals surface area contributed by atoms with Crippen LogP contribution in [0.4, 0.5) is 0 Å². The Morgan fingerprint density at radius 3 is 2.40 bits per heavy atom. The average molecular weight is 300 g/mol. The largest absolute Gasteiger partial charge is 0.312 e. The number of rotatable bonds is 8. The van der Waals surface area contributed by atoms with Crippen LogP contribution in [0.15, 0.2) is 0 Å². The Bertz CT molecular complexity index is 246. The van der Waals surface area contributed by atoms with Crippen molar-refractivity contribution in [3.05, 3.63) is 0 Å². The van der Waals surface area contributed by atoms with E-state index in [9.17, 15) is 0 Å². The average Bonchev–Trinajstić information content (AvgIpc) is 2.37. The Hall–Kier alpha value is 0.310. The highest BCUT2D eigenvalue weighted by molar-refractivity contribution is 7.99. The predicted molar refractivity (Wildman–Crippen MR) is 94.6 cm³/mol. The lowest BCUT2D eigenvalue weighted by atomic mass is 9.71. The van der Waals surface area contributed by atoms with Gasteiger partial charge in [-0.25, -0.2) is 0 Å². The maximum atomic E-state index is 3.75. The SMILES string of the molecule is CCCC1CCC(CNC(C)(C)C)C(CCSCC)C1. The predicted octanol–water partition coefficient (Wildman–Crippen LogP) is 5.35. The summed E-state index contributed by atoms with van der Waals surface area (Å²) in [6.45, 7) is 12.7. The molecule has 1 aliphatic rings. The summed E-state index contributed by atoms with van der Waals surface area (Å²) in [7, 11) is 0. The highest BCUT2D eigenvalue weighted by atomic mass is 32.2. The van der Waals surface area contributed by atoms with E-state index in [1.165, 1.54) is 56.6 Å². The van der Waals surface area contributed by atoms with Gasteiger partial charge in [0.2, 0.25) is 0 Å². The lowest BCUT2D eigenvalue weighted by Crippen LogP contribution is -2.42. The summed E-state index contributed by atoms with van der Waals surface area (Å²) in [5, 5.41) is 3.75. The van der Waals surface area contributed by atoms with Crippen molar-refractivity contribution < 1.29 is 0 Å². The summed E-state index contributed by atoms with van der Waals surface area (Å²) in [5.74, 6) is 5.54. The molecule has 120 valence electrons. The van der Waals surface area contributed by atoms with Gasteiger partial charge >= 0.3 is 0 Å². The van der Waals surface area contributed by atoms with Crippen molar-refractivity contribution in [1.82, 2.24) is 5.32 Å². The Balaban J connectivity index is 2.47. The van der Waals surface area contributed by atoms with Crippen LogP contribution in [0.2, 0.25) is 0 Å². The van der Waals surface area contributed by atoms with E-state index in [0.29, 0.717) is 0 Å². The Morgan fingerprint density at radius 1 is 1.05 bits per heavy atom. The highest BCUT2D eigenvalue weighted by Gasteiger charge is 2.30. The second kappa shape index (κ2) is 9.35. The molecule has 20 heavy (non-hydrogen) atoms. The van der Waals surface area contributed by atoms with Gasteiger partial charge in [-0.2, -0.15) is 11.8 Å². The number of nitrogens with one attached hydrogen (secondary N) is 1. The first-order chi connectivity index (χ1) is 9.46. The van der Waals surface area contributed by atoms with E-state index in [1.807, 2.05) is 0 Å². The van der Waals surface area contributed by atoms with Crippen molar-refractivity contribution >= 4 is 11.8 Å². The van der Waals surface area contributed by atoms with Gasteiger partial charge in [-0.05, 0) is 75.8 Å². The number of hydrogen-bond acceptors (Lipinski definition) is 2. The molecule has 2 heteroatoms. The fourth-order valence-corrected chi connectivity index (χ4v) is 4.29. The molecule has 0 aromatic rings. The van der Waals surface area contributed by atoms with Crippen molar-refractivity contribution in [3.8, 4) is 0 Å². The molecule has 0 bridgehead atoms. The van der Waals surface area contributed by atoms with Gasteiger partial charge in [0.25, 0.3) is 0 Å². The van der Waals surface area contributed by atoms with Crippen LogP contribution in [0.1, 0.15) is 73.1 Å². The van der Waals surface area contributed by atoms with E-state index in [2.05, 4.69) is 51.7 Å². The molecule has 0 amide bonds. The minimum Gasteiger partial charge on any atom is -0.312 e. The lowest BCUT2D eigenvalue weighted by molar-refractivity contribution is 0.157. The molecule has 0 spiro atoms. The van der Waals surface area contributed by atoms with E-state index in [4.69, 9.17) is 0 Å². The monoisotopic (exact) mass is 299 g/mol. The fraction of sp³-hybridized carbons (Fsp3) is 1.00. The van der Waals surface area contributed by atoms with Crippen molar-refractivity contribution in [2.24, 2.45) is 17.8 Å². The second-order valence-corrected chi connectivity index (χ2v) is 9.00. The third-order valence-corrected chi connectivity index (χ3v) is 5.61. The van der Waals surface area contributed by atoms with Crippen LogP contribution in [-0.2, 0) is 0 Å². The van der Waals surface area contributed by atoms with Gasteiger partial charge in [0.15, 0.2) is 0 Å². The molecule has 0 aromatic carbocycles. The second-order valence-electron chi connectivity index (χ2n) is 7.60. The molecule has 1 saturated carbocycles. The first-order valence-corrected chi connectivity index (χ1v) is 9.94. The van der Waals surface area contributed by atoms with Crippen LogP contribution < -0.4 is 5.32 Å². The van der Waals surface area contributed by atoms with E-state index < -0.39 is 0 Å². The molecule has 1 nitrogen and oxygen atoms in total. The summed E-state index contributed by atoms with van der Waals surface area (Å²) >= 11 is 2.12. The van der Waals surface area contributed by atoms with Crippen molar-refractivity contribution in [2.75, 3.05) is 18.1 Å². The van der Waals surface area contributed by atoms with Crippen LogP contribution in [-0.4, -0.2) is 23.6 Å². The summed E-state index contributed by atoms with van der Waals surface area (Å²) in [4.78, 5) is 0. The zero-order valence-electron chi connectivity index (χ0n) is 14.5. The van der Waals surface area contributed by atoms with Gasteiger partial charge in [0, 0.05) is 5.54 Å². The third kappa shape index (κ3) is 7.36. The molecule has 0 heterocycles. The minimum absolute atomic E-state index is 0.267. The molecule has 1 N–H and O–H groups in total. The van der Waals surface area contributed by atoms with Crippen LogP contribution in [0.3, 0.4) is 0 Å². The molecule has 1 fully saturated rings. The zero-order valence-corrected chi connectivity index (χ0v) is 15.3. The van der Waals surface area contributed by atoms with Gasteiger partial charge in [-0.15, -0.1) is 0 Å². The minimum atomic E-state index is 0.267. The molecule has 0 aromatic heterocycles. The molecule has 0 aliphatic heterocycles. The van der Waals surface area contributed by atoms with Gasteiger partial charge in [0.1, 0.15) is 0 Å². The Morgan fingerprint density at radius 2 is 1.80 bits per heavy atom. The van der Waals surface area contributed by atoms with Gasteiger partial charge in [-0.1, -0.05) is 33.1 Å². The smallest absolute Gasteiger partial charge is 0.00966 e. The van der Waals surface area contributed by atoms with Gasteiger partial charge in [-0.3, -0.25) is 0 Å². The topological polar surface area (TPSA) is 12.0 Å². The summed E-state index contributed by atoms with van der Waals surface area (Å²) in [6.07, 6.45) is 8.68. The first-order valence-electron chi connectivity index (χ1n) is 8.79. The van der Waals surface area contributed by atoms with E-state index >= 15 is 0 Å². The van der Waals surface area contributed by atoms with Gasteiger partial charge in [0.05, 0.1) is 0 Å². The summed E-state index contributed by atoms with van der Waals surface area (Å²) in [5.41, 5.74) is 0.267. The normalized spacial score (nSPS) is 27.8. The molecular formula is C18H37NS.